The molecular formula is C14H15ClN2O. The molecule has 0 aliphatic rings. The van der Waals surface area contributed by atoms with Crippen LogP contribution in [0.15, 0.2) is 42.5 Å². The van der Waals surface area contributed by atoms with E-state index >= 15 is 0 Å². The first kappa shape index (κ1) is 12.6. The van der Waals surface area contributed by atoms with Gasteiger partial charge in [-0.25, -0.2) is 0 Å². The zero-order valence-electron chi connectivity index (χ0n) is 10.4. The highest BCUT2D eigenvalue weighted by Gasteiger charge is 2.11. The average molecular weight is 263 g/mol. The van der Waals surface area contributed by atoms with Crippen LogP contribution in [0.4, 0.5) is 17.1 Å². The van der Waals surface area contributed by atoms with E-state index in [1.54, 1.807) is 7.11 Å². The standard InChI is InChI=1S/C14H15ClN2O/c1-17(10-5-3-6-11(9-10)18-2)14-12(15)7-4-8-13(14)16/h3-9H,16H2,1-2H3. The molecule has 0 spiro atoms. The van der Waals surface area contributed by atoms with Crippen molar-refractivity contribution >= 4 is 28.7 Å². The molecule has 2 aromatic rings. The lowest BCUT2D eigenvalue weighted by Crippen LogP contribution is -2.12. The Kier molecular flexibility index (Phi) is 3.63. The maximum absolute atomic E-state index is 6.20. The molecule has 0 unspecified atom stereocenters. The van der Waals surface area contributed by atoms with Crippen molar-refractivity contribution in [3.8, 4) is 5.75 Å². The van der Waals surface area contributed by atoms with E-state index in [9.17, 15) is 0 Å². The van der Waals surface area contributed by atoms with E-state index in [0.29, 0.717) is 10.7 Å². The molecule has 94 valence electrons. The molecule has 0 aliphatic heterocycles. The zero-order chi connectivity index (χ0) is 13.1. The van der Waals surface area contributed by atoms with Crippen LogP contribution < -0.4 is 15.4 Å². The summed E-state index contributed by atoms with van der Waals surface area (Å²) in [6.45, 7) is 0. The van der Waals surface area contributed by atoms with Crippen LogP contribution in [-0.2, 0) is 0 Å². The van der Waals surface area contributed by atoms with Crippen LogP contribution in [0, 0.1) is 0 Å². The fourth-order valence-electron chi connectivity index (χ4n) is 1.83. The maximum atomic E-state index is 6.20. The monoisotopic (exact) mass is 262 g/mol. The Bertz CT molecular complexity index is 537. The SMILES string of the molecule is COc1cccc(N(C)c2c(N)cccc2Cl)c1. The molecule has 2 rings (SSSR count). The number of hydrogen-bond acceptors (Lipinski definition) is 3. The minimum atomic E-state index is 0.625. The van der Waals surface area contributed by atoms with Gasteiger partial charge in [-0.1, -0.05) is 23.7 Å². The molecule has 3 nitrogen and oxygen atoms in total. The largest absolute Gasteiger partial charge is 0.497 e. The van der Waals surface area contributed by atoms with Gasteiger partial charge in [0, 0.05) is 18.8 Å². The first-order valence-corrected chi connectivity index (χ1v) is 5.93. The van der Waals surface area contributed by atoms with Crippen LogP contribution in [0.1, 0.15) is 0 Å². The molecule has 0 radical (unpaired) electrons. The molecule has 0 aliphatic carbocycles. The quantitative estimate of drug-likeness (QED) is 0.858. The molecule has 0 amide bonds. The summed E-state index contributed by atoms with van der Waals surface area (Å²) in [5.74, 6) is 0.796. The van der Waals surface area contributed by atoms with Gasteiger partial charge in [-0.05, 0) is 24.3 Å². The van der Waals surface area contributed by atoms with Gasteiger partial charge in [0.15, 0.2) is 0 Å². The molecule has 0 fully saturated rings. The number of para-hydroxylation sites is 1. The van der Waals surface area contributed by atoms with Gasteiger partial charge < -0.3 is 15.4 Å². The summed E-state index contributed by atoms with van der Waals surface area (Å²) in [5, 5.41) is 0.625. The summed E-state index contributed by atoms with van der Waals surface area (Å²) < 4.78 is 5.21. The number of halogens is 1. The molecule has 0 saturated heterocycles. The second-order valence-electron chi connectivity index (χ2n) is 3.94. The number of anilines is 3. The topological polar surface area (TPSA) is 38.5 Å². The van der Waals surface area contributed by atoms with Crippen LogP contribution in [-0.4, -0.2) is 14.2 Å². The van der Waals surface area contributed by atoms with E-state index in [-0.39, 0.29) is 0 Å². The fourth-order valence-corrected chi connectivity index (χ4v) is 2.14. The number of nitrogens with two attached hydrogens (primary N) is 1. The predicted octanol–water partition coefficient (Wildman–Crippen LogP) is 3.70. The van der Waals surface area contributed by atoms with Gasteiger partial charge in [0.2, 0.25) is 0 Å². The van der Waals surface area contributed by atoms with Gasteiger partial charge in [0.05, 0.1) is 23.5 Å². The fraction of sp³-hybridized carbons (Fsp3) is 0.143. The highest BCUT2D eigenvalue weighted by molar-refractivity contribution is 6.34. The Labute approximate surface area is 112 Å². The van der Waals surface area contributed by atoms with E-state index in [1.165, 1.54) is 0 Å². The number of nitrogen functional groups attached to an aromatic ring is 1. The Balaban J connectivity index is 2.44. The summed E-state index contributed by atoms with van der Waals surface area (Å²) in [5.41, 5.74) is 8.38. The highest BCUT2D eigenvalue weighted by atomic mass is 35.5. The van der Waals surface area contributed by atoms with Gasteiger partial charge in [0.25, 0.3) is 0 Å². The summed E-state index contributed by atoms with van der Waals surface area (Å²) in [6, 6.07) is 13.2. The third-order valence-electron chi connectivity index (χ3n) is 2.79. The Morgan fingerprint density at radius 2 is 1.89 bits per heavy atom. The van der Waals surface area contributed by atoms with Gasteiger partial charge in [-0.2, -0.15) is 0 Å². The lowest BCUT2D eigenvalue weighted by atomic mass is 10.2. The highest BCUT2D eigenvalue weighted by Crippen LogP contribution is 2.36. The predicted molar refractivity (Wildman–Crippen MR) is 76.9 cm³/mol. The van der Waals surface area contributed by atoms with Crippen molar-refractivity contribution in [3.63, 3.8) is 0 Å². The summed E-state index contributed by atoms with van der Waals surface area (Å²) in [4.78, 5) is 1.94. The first-order chi connectivity index (χ1) is 8.63. The van der Waals surface area contributed by atoms with Crippen LogP contribution in [0.25, 0.3) is 0 Å². The average Bonchev–Trinajstić information content (AvgIpc) is 2.38. The van der Waals surface area contributed by atoms with Gasteiger partial charge in [-0.3, -0.25) is 0 Å². The number of benzene rings is 2. The summed E-state index contributed by atoms with van der Waals surface area (Å²) >= 11 is 6.20. The van der Waals surface area contributed by atoms with Crippen LogP contribution in [0.5, 0.6) is 5.75 Å². The van der Waals surface area contributed by atoms with E-state index in [0.717, 1.165) is 17.1 Å². The van der Waals surface area contributed by atoms with Crippen molar-refractivity contribution in [2.75, 3.05) is 24.8 Å². The van der Waals surface area contributed by atoms with Crippen molar-refractivity contribution in [3.05, 3.63) is 47.5 Å². The Hall–Kier alpha value is -1.87. The third kappa shape index (κ3) is 2.36. The van der Waals surface area contributed by atoms with Crippen molar-refractivity contribution in [2.45, 2.75) is 0 Å². The normalized spacial score (nSPS) is 10.2. The Morgan fingerprint density at radius 1 is 1.17 bits per heavy atom. The van der Waals surface area contributed by atoms with Crippen LogP contribution >= 0.6 is 11.6 Å². The lowest BCUT2D eigenvalue weighted by Gasteiger charge is -2.22. The number of hydrogen-bond donors (Lipinski definition) is 1. The van der Waals surface area contributed by atoms with Gasteiger partial charge in [0.1, 0.15) is 5.75 Å². The minimum absolute atomic E-state index is 0.625. The summed E-state index contributed by atoms with van der Waals surface area (Å²) in [6.07, 6.45) is 0. The Morgan fingerprint density at radius 3 is 2.56 bits per heavy atom. The second-order valence-corrected chi connectivity index (χ2v) is 4.35. The third-order valence-corrected chi connectivity index (χ3v) is 3.10. The van der Waals surface area contributed by atoms with Crippen molar-refractivity contribution < 1.29 is 4.74 Å². The van der Waals surface area contributed by atoms with Crippen LogP contribution in [0.2, 0.25) is 5.02 Å². The van der Waals surface area contributed by atoms with Crippen molar-refractivity contribution in [2.24, 2.45) is 0 Å². The molecular weight excluding hydrogens is 248 g/mol. The molecule has 2 aromatic carbocycles. The smallest absolute Gasteiger partial charge is 0.120 e. The molecule has 0 atom stereocenters. The second kappa shape index (κ2) is 5.19. The van der Waals surface area contributed by atoms with E-state index in [2.05, 4.69) is 0 Å². The lowest BCUT2D eigenvalue weighted by molar-refractivity contribution is 0.415. The molecule has 0 heterocycles. The number of ether oxygens (including phenoxy) is 1. The van der Waals surface area contributed by atoms with Crippen molar-refractivity contribution in [1.29, 1.82) is 0 Å². The number of methoxy groups -OCH3 is 1. The number of nitrogens with zero attached hydrogens (tertiary/aromatic N) is 1. The van der Waals surface area contributed by atoms with Gasteiger partial charge >= 0.3 is 0 Å². The molecule has 18 heavy (non-hydrogen) atoms. The maximum Gasteiger partial charge on any atom is 0.120 e. The molecule has 0 bridgehead atoms. The number of rotatable bonds is 3. The van der Waals surface area contributed by atoms with E-state index in [1.807, 2.05) is 54.4 Å². The zero-order valence-corrected chi connectivity index (χ0v) is 11.1. The van der Waals surface area contributed by atoms with Crippen LogP contribution in [0.3, 0.4) is 0 Å². The molecule has 0 saturated carbocycles. The minimum Gasteiger partial charge on any atom is -0.497 e. The van der Waals surface area contributed by atoms with Crippen molar-refractivity contribution in [1.82, 2.24) is 0 Å². The molecule has 2 N–H and O–H groups in total. The van der Waals surface area contributed by atoms with E-state index in [4.69, 9.17) is 22.1 Å². The first-order valence-electron chi connectivity index (χ1n) is 5.55. The van der Waals surface area contributed by atoms with Gasteiger partial charge in [-0.15, -0.1) is 0 Å². The molecule has 0 aromatic heterocycles. The molecule has 4 heteroatoms. The van der Waals surface area contributed by atoms with E-state index < -0.39 is 0 Å². The summed E-state index contributed by atoms with van der Waals surface area (Å²) in [7, 11) is 3.56.